The SMILES string of the molecule is Cc1nn(Cn2ccc(C(=O)Nc3c(C(N)=O)sc4nc(C(F)F)cc(-c5ccco5)c34)n2)c(C)c1Br. The molecule has 0 unspecified atom stereocenters. The van der Waals surface area contributed by atoms with Crippen molar-refractivity contribution >= 4 is 55.0 Å². The van der Waals surface area contributed by atoms with Crippen LogP contribution in [0.1, 0.15) is 43.7 Å². The van der Waals surface area contributed by atoms with Gasteiger partial charge in [-0.25, -0.2) is 18.4 Å². The van der Waals surface area contributed by atoms with Crippen molar-refractivity contribution in [2.24, 2.45) is 5.73 Å². The van der Waals surface area contributed by atoms with Gasteiger partial charge in [0.05, 0.1) is 27.8 Å². The van der Waals surface area contributed by atoms with Crippen LogP contribution in [0, 0.1) is 13.8 Å². The fourth-order valence-electron chi connectivity index (χ4n) is 3.84. The van der Waals surface area contributed by atoms with Crippen LogP contribution in [0.25, 0.3) is 21.5 Å². The highest BCUT2D eigenvalue weighted by Gasteiger charge is 2.26. The van der Waals surface area contributed by atoms with E-state index in [2.05, 4.69) is 36.4 Å². The number of rotatable bonds is 7. The third-order valence-corrected chi connectivity index (χ3v) is 7.85. The van der Waals surface area contributed by atoms with E-state index in [1.165, 1.54) is 23.1 Å². The van der Waals surface area contributed by atoms with Crippen molar-refractivity contribution in [3.05, 3.63) is 68.9 Å². The first-order valence-corrected chi connectivity index (χ1v) is 12.4. The summed E-state index contributed by atoms with van der Waals surface area (Å²) >= 11 is 4.29. The zero-order chi connectivity index (χ0) is 26.4. The number of anilines is 1. The number of nitrogens with one attached hydrogen (secondary N) is 1. The van der Waals surface area contributed by atoms with Crippen LogP contribution in [0.15, 0.2) is 45.6 Å². The number of hydrogen-bond acceptors (Lipinski definition) is 7. The number of alkyl halides is 2. The van der Waals surface area contributed by atoms with E-state index in [-0.39, 0.29) is 44.5 Å². The largest absolute Gasteiger partial charge is 0.464 e. The van der Waals surface area contributed by atoms with E-state index in [4.69, 9.17) is 10.2 Å². The number of carbonyl (C=O) groups excluding carboxylic acids is 2. The quantitative estimate of drug-likeness (QED) is 0.270. The molecule has 0 spiro atoms. The summed E-state index contributed by atoms with van der Waals surface area (Å²) in [4.78, 5) is 29.5. The van der Waals surface area contributed by atoms with E-state index in [1.54, 1.807) is 23.0 Å². The maximum atomic E-state index is 13.6. The standard InChI is InChI=1S/C23H18BrF2N7O3S/c1-10-17(24)11(2)33(30-10)9-32-6-5-13(31-32)22(35)29-18-16-12(15-4-3-7-36-15)8-14(20(25)26)28-23(16)37-19(18)21(27)34/h3-8,20H,9H2,1-2H3,(H2,27,34)(H,29,35). The number of halogens is 3. The summed E-state index contributed by atoms with van der Waals surface area (Å²) in [6.07, 6.45) is 0.143. The van der Waals surface area contributed by atoms with Gasteiger partial charge in [-0.1, -0.05) is 0 Å². The van der Waals surface area contributed by atoms with Crippen molar-refractivity contribution in [1.82, 2.24) is 24.5 Å². The predicted molar refractivity (Wildman–Crippen MR) is 136 cm³/mol. The lowest BCUT2D eigenvalue weighted by atomic mass is 10.1. The Balaban J connectivity index is 1.53. The average Bonchev–Trinajstić information content (AvgIpc) is 3.65. The number of nitrogens with zero attached hydrogens (tertiary/aromatic N) is 5. The van der Waals surface area contributed by atoms with Crippen molar-refractivity contribution < 1.29 is 22.8 Å². The third-order valence-electron chi connectivity index (χ3n) is 5.60. The van der Waals surface area contributed by atoms with Gasteiger partial charge in [0.15, 0.2) is 5.69 Å². The first kappa shape index (κ1) is 24.8. The highest BCUT2D eigenvalue weighted by atomic mass is 79.9. The lowest BCUT2D eigenvalue weighted by Gasteiger charge is -2.09. The number of hydrogen-bond donors (Lipinski definition) is 2. The number of aryl methyl sites for hydroxylation is 1. The summed E-state index contributed by atoms with van der Waals surface area (Å²) in [5, 5.41) is 11.7. The Hall–Kier alpha value is -3.91. The summed E-state index contributed by atoms with van der Waals surface area (Å²) in [5.41, 5.74) is 7.14. The molecule has 0 aliphatic heterocycles. The topological polar surface area (TPSA) is 134 Å². The van der Waals surface area contributed by atoms with Gasteiger partial charge in [0.25, 0.3) is 18.2 Å². The second-order valence-electron chi connectivity index (χ2n) is 8.04. The molecule has 0 aliphatic carbocycles. The second kappa shape index (κ2) is 9.52. The molecule has 10 nitrogen and oxygen atoms in total. The van der Waals surface area contributed by atoms with Gasteiger partial charge in [-0.15, -0.1) is 11.3 Å². The number of carbonyl (C=O) groups is 2. The molecule has 14 heteroatoms. The molecular formula is C23H18BrF2N7O3S. The summed E-state index contributed by atoms with van der Waals surface area (Å²) in [6, 6.07) is 5.85. The molecule has 5 rings (SSSR count). The van der Waals surface area contributed by atoms with E-state index in [9.17, 15) is 18.4 Å². The van der Waals surface area contributed by atoms with Crippen molar-refractivity contribution in [2.75, 3.05) is 5.32 Å². The number of amides is 2. The van der Waals surface area contributed by atoms with Crippen molar-refractivity contribution in [2.45, 2.75) is 26.9 Å². The van der Waals surface area contributed by atoms with Gasteiger partial charge >= 0.3 is 0 Å². The molecule has 0 bridgehead atoms. The van der Waals surface area contributed by atoms with Crippen LogP contribution in [0.4, 0.5) is 14.5 Å². The zero-order valence-electron chi connectivity index (χ0n) is 19.3. The minimum absolute atomic E-state index is 0.0398. The van der Waals surface area contributed by atoms with Gasteiger partial charge < -0.3 is 15.5 Å². The smallest absolute Gasteiger partial charge is 0.280 e. The van der Waals surface area contributed by atoms with Crippen LogP contribution in [-0.2, 0) is 6.67 Å². The minimum atomic E-state index is -2.86. The van der Waals surface area contributed by atoms with Gasteiger partial charge in [0.2, 0.25) is 0 Å². The molecule has 5 aromatic rings. The Morgan fingerprint density at radius 1 is 1.27 bits per heavy atom. The summed E-state index contributed by atoms with van der Waals surface area (Å²) in [5.74, 6) is -1.21. The summed E-state index contributed by atoms with van der Waals surface area (Å²) in [7, 11) is 0. The molecule has 37 heavy (non-hydrogen) atoms. The molecular weight excluding hydrogens is 572 g/mol. The number of fused-ring (bicyclic) bond motifs is 1. The lowest BCUT2D eigenvalue weighted by Crippen LogP contribution is -2.18. The van der Waals surface area contributed by atoms with Crippen LogP contribution in [0.5, 0.6) is 0 Å². The monoisotopic (exact) mass is 589 g/mol. The van der Waals surface area contributed by atoms with Gasteiger partial charge in [-0.2, -0.15) is 10.2 Å². The number of nitrogens with two attached hydrogens (primary N) is 1. The van der Waals surface area contributed by atoms with Gasteiger partial charge in [-0.3, -0.25) is 14.3 Å². The number of thiophene rings is 1. The molecule has 0 saturated carbocycles. The Morgan fingerprint density at radius 3 is 2.68 bits per heavy atom. The Kier molecular flexibility index (Phi) is 6.37. The van der Waals surface area contributed by atoms with E-state index in [0.29, 0.717) is 0 Å². The van der Waals surface area contributed by atoms with Crippen LogP contribution in [0.2, 0.25) is 0 Å². The lowest BCUT2D eigenvalue weighted by molar-refractivity contribution is 0.100. The fraction of sp³-hybridized carbons (Fsp3) is 0.174. The molecule has 0 atom stereocenters. The second-order valence-corrected chi connectivity index (χ2v) is 9.84. The highest BCUT2D eigenvalue weighted by molar-refractivity contribution is 9.10. The minimum Gasteiger partial charge on any atom is -0.464 e. The van der Waals surface area contributed by atoms with E-state index in [1.807, 2.05) is 13.8 Å². The maximum Gasteiger partial charge on any atom is 0.280 e. The Labute approximate surface area is 220 Å². The molecule has 0 saturated heterocycles. The molecule has 5 aromatic heterocycles. The number of pyridine rings is 1. The Morgan fingerprint density at radius 2 is 2.05 bits per heavy atom. The molecule has 5 heterocycles. The maximum absolute atomic E-state index is 13.6. The van der Waals surface area contributed by atoms with Crippen molar-refractivity contribution in [3.63, 3.8) is 0 Å². The van der Waals surface area contributed by atoms with Crippen LogP contribution in [-0.4, -0.2) is 36.4 Å². The number of primary amides is 1. The van der Waals surface area contributed by atoms with E-state index in [0.717, 1.165) is 27.2 Å². The molecule has 0 aromatic carbocycles. The molecule has 3 N–H and O–H groups in total. The average molecular weight is 590 g/mol. The first-order valence-electron chi connectivity index (χ1n) is 10.8. The molecule has 2 amide bonds. The summed E-state index contributed by atoms with van der Waals surface area (Å²) < 4.78 is 36.7. The van der Waals surface area contributed by atoms with Crippen LogP contribution < -0.4 is 11.1 Å². The van der Waals surface area contributed by atoms with Crippen molar-refractivity contribution in [3.8, 4) is 11.3 Å². The molecule has 0 aliphatic rings. The zero-order valence-corrected chi connectivity index (χ0v) is 21.7. The fourth-order valence-corrected chi connectivity index (χ4v) is 5.14. The molecule has 0 fully saturated rings. The number of aromatic nitrogens is 5. The van der Waals surface area contributed by atoms with Gasteiger partial charge in [-0.05, 0) is 54.0 Å². The third kappa shape index (κ3) is 4.53. The summed E-state index contributed by atoms with van der Waals surface area (Å²) in [6.45, 7) is 4.04. The van der Waals surface area contributed by atoms with Crippen LogP contribution >= 0.6 is 27.3 Å². The highest BCUT2D eigenvalue weighted by Crippen LogP contribution is 2.42. The van der Waals surface area contributed by atoms with Crippen molar-refractivity contribution in [1.29, 1.82) is 0 Å². The number of furan rings is 1. The van der Waals surface area contributed by atoms with E-state index < -0.39 is 23.9 Å². The van der Waals surface area contributed by atoms with Gasteiger partial charge in [0, 0.05) is 17.1 Å². The van der Waals surface area contributed by atoms with Crippen LogP contribution in [0.3, 0.4) is 0 Å². The first-order chi connectivity index (χ1) is 17.6. The van der Waals surface area contributed by atoms with E-state index >= 15 is 0 Å². The predicted octanol–water partition coefficient (Wildman–Crippen LogP) is 5.12. The normalized spacial score (nSPS) is 11.5. The molecule has 0 radical (unpaired) electrons. The molecule has 190 valence electrons. The Bertz CT molecular complexity index is 1660. The van der Waals surface area contributed by atoms with Gasteiger partial charge in [0.1, 0.15) is 27.8 Å².